The summed E-state index contributed by atoms with van der Waals surface area (Å²) in [6, 6.07) is 4.61. The van der Waals surface area contributed by atoms with Crippen molar-refractivity contribution in [3.8, 4) is 0 Å². The van der Waals surface area contributed by atoms with Crippen LogP contribution in [0, 0.1) is 5.82 Å². The number of esters is 1. The van der Waals surface area contributed by atoms with Crippen LogP contribution in [-0.2, 0) is 14.3 Å². The van der Waals surface area contributed by atoms with Gasteiger partial charge in [0.25, 0.3) is 0 Å². The zero-order valence-corrected chi connectivity index (χ0v) is 19.9. The number of carbonyl (C=O) groups is 3. The molecule has 0 spiro atoms. The van der Waals surface area contributed by atoms with E-state index >= 15 is 0 Å². The molecule has 1 aromatic rings. The van der Waals surface area contributed by atoms with Gasteiger partial charge in [-0.15, -0.1) is 6.58 Å². The average molecular weight is 473 g/mol. The first kappa shape index (κ1) is 25.4. The maximum Gasteiger partial charge on any atom is 0.338 e. The average Bonchev–Trinajstić information content (AvgIpc) is 3.06. The highest BCUT2D eigenvalue weighted by atomic mass is 19.1. The lowest BCUT2D eigenvalue weighted by Crippen LogP contribution is -2.51. The third kappa shape index (κ3) is 5.83. The standard InChI is InChI=1S/C25H33FN4O4/c1-4-11-30-20(17-28-12-8-13-29(15-14-28)21(31)5-2)22(24(32)34-6-3)23(27-25(30)33)18-9-7-10-19(26)16-18/h4,7,9-10,16,23H,1,5-6,8,11-15,17H2,2-3H3,(H,27,33). The summed E-state index contributed by atoms with van der Waals surface area (Å²) in [4.78, 5) is 43.9. The Balaban J connectivity index is 2.02. The van der Waals surface area contributed by atoms with E-state index in [1.165, 1.54) is 17.0 Å². The molecule has 1 saturated heterocycles. The van der Waals surface area contributed by atoms with E-state index in [1.807, 2.05) is 11.8 Å². The highest BCUT2D eigenvalue weighted by Crippen LogP contribution is 2.32. The maximum absolute atomic E-state index is 14.0. The number of benzene rings is 1. The van der Waals surface area contributed by atoms with Crippen molar-refractivity contribution in [2.75, 3.05) is 45.9 Å². The Hall–Kier alpha value is -3.20. The Bertz CT molecular complexity index is 964. The van der Waals surface area contributed by atoms with Gasteiger partial charge < -0.3 is 15.0 Å². The summed E-state index contributed by atoms with van der Waals surface area (Å²) in [5.74, 6) is -0.901. The number of carbonyl (C=O) groups excluding carboxylic acids is 3. The van der Waals surface area contributed by atoms with Gasteiger partial charge >= 0.3 is 12.0 Å². The molecule has 3 rings (SSSR count). The molecule has 3 amide bonds. The van der Waals surface area contributed by atoms with Gasteiger partial charge in [0.2, 0.25) is 5.91 Å². The SMILES string of the molecule is C=CCN1C(=O)NC(c2cccc(F)c2)C(C(=O)OCC)=C1CN1CCCN(C(=O)CC)CC1. The van der Waals surface area contributed by atoms with Gasteiger partial charge in [-0.05, 0) is 31.0 Å². The number of hydrogen-bond acceptors (Lipinski definition) is 5. The van der Waals surface area contributed by atoms with Crippen molar-refractivity contribution in [2.45, 2.75) is 32.7 Å². The van der Waals surface area contributed by atoms with Crippen LogP contribution in [0.3, 0.4) is 0 Å². The first-order valence-electron chi connectivity index (χ1n) is 11.7. The van der Waals surface area contributed by atoms with Crippen molar-refractivity contribution in [3.05, 3.63) is 59.6 Å². The van der Waals surface area contributed by atoms with Gasteiger partial charge in [0.1, 0.15) is 5.82 Å². The summed E-state index contributed by atoms with van der Waals surface area (Å²) >= 11 is 0. The Morgan fingerprint density at radius 3 is 2.71 bits per heavy atom. The lowest BCUT2D eigenvalue weighted by molar-refractivity contribution is -0.139. The van der Waals surface area contributed by atoms with Gasteiger partial charge in [-0.25, -0.2) is 14.0 Å². The smallest absolute Gasteiger partial charge is 0.338 e. The molecule has 0 bridgehead atoms. The zero-order valence-electron chi connectivity index (χ0n) is 19.9. The largest absolute Gasteiger partial charge is 0.463 e. The summed E-state index contributed by atoms with van der Waals surface area (Å²) in [6.45, 7) is 10.6. The van der Waals surface area contributed by atoms with Gasteiger partial charge in [-0.1, -0.05) is 25.1 Å². The summed E-state index contributed by atoms with van der Waals surface area (Å²) in [6.07, 6.45) is 2.84. The Labute approximate surface area is 200 Å². The van der Waals surface area contributed by atoms with E-state index in [4.69, 9.17) is 4.74 Å². The molecular weight excluding hydrogens is 439 g/mol. The second-order valence-corrected chi connectivity index (χ2v) is 8.28. The van der Waals surface area contributed by atoms with Crippen LogP contribution in [0.25, 0.3) is 0 Å². The van der Waals surface area contributed by atoms with Crippen LogP contribution in [0.1, 0.15) is 38.3 Å². The third-order valence-corrected chi connectivity index (χ3v) is 6.04. The van der Waals surface area contributed by atoms with Crippen molar-refractivity contribution in [1.29, 1.82) is 0 Å². The molecule has 1 aromatic carbocycles. The van der Waals surface area contributed by atoms with Gasteiger partial charge in [-0.3, -0.25) is 14.6 Å². The van der Waals surface area contributed by atoms with Gasteiger partial charge in [0, 0.05) is 51.4 Å². The lowest BCUT2D eigenvalue weighted by atomic mass is 9.94. The molecule has 1 atom stereocenters. The molecule has 2 aliphatic heterocycles. The fraction of sp³-hybridized carbons (Fsp3) is 0.480. The minimum atomic E-state index is -0.844. The third-order valence-electron chi connectivity index (χ3n) is 6.04. The molecule has 0 aromatic heterocycles. The quantitative estimate of drug-likeness (QED) is 0.465. The van der Waals surface area contributed by atoms with Crippen LogP contribution in [0.15, 0.2) is 48.2 Å². The molecule has 184 valence electrons. The summed E-state index contributed by atoms with van der Waals surface area (Å²) in [5, 5.41) is 2.84. The van der Waals surface area contributed by atoms with Crippen LogP contribution in [-0.4, -0.2) is 78.5 Å². The minimum Gasteiger partial charge on any atom is -0.463 e. The molecule has 1 fully saturated rings. The van der Waals surface area contributed by atoms with E-state index in [9.17, 15) is 18.8 Å². The lowest BCUT2D eigenvalue weighted by Gasteiger charge is -2.38. The number of nitrogens with one attached hydrogen (secondary N) is 1. The van der Waals surface area contributed by atoms with Crippen LogP contribution >= 0.6 is 0 Å². The Morgan fingerprint density at radius 1 is 1.24 bits per heavy atom. The van der Waals surface area contributed by atoms with E-state index in [1.54, 1.807) is 25.1 Å². The van der Waals surface area contributed by atoms with E-state index in [2.05, 4.69) is 16.8 Å². The van der Waals surface area contributed by atoms with Crippen molar-refractivity contribution >= 4 is 17.9 Å². The first-order valence-corrected chi connectivity index (χ1v) is 11.7. The predicted molar refractivity (Wildman–Crippen MR) is 126 cm³/mol. The Morgan fingerprint density at radius 2 is 2.03 bits per heavy atom. The number of nitrogens with zero attached hydrogens (tertiary/aromatic N) is 3. The molecule has 1 N–H and O–H groups in total. The van der Waals surface area contributed by atoms with Crippen molar-refractivity contribution in [3.63, 3.8) is 0 Å². The number of ether oxygens (including phenoxy) is 1. The van der Waals surface area contributed by atoms with Gasteiger partial charge in [-0.2, -0.15) is 0 Å². The van der Waals surface area contributed by atoms with E-state index in [-0.39, 0.29) is 24.6 Å². The summed E-state index contributed by atoms with van der Waals surface area (Å²) in [5.41, 5.74) is 1.24. The van der Waals surface area contributed by atoms with Crippen molar-refractivity contribution < 1.29 is 23.5 Å². The molecule has 8 nitrogen and oxygen atoms in total. The molecule has 0 aliphatic carbocycles. The van der Waals surface area contributed by atoms with Crippen LogP contribution in [0.4, 0.5) is 9.18 Å². The van der Waals surface area contributed by atoms with Gasteiger partial charge in [0.15, 0.2) is 0 Å². The number of urea groups is 1. The van der Waals surface area contributed by atoms with Crippen molar-refractivity contribution in [1.82, 2.24) is 20.0 Å². The molecule has 9 heteroatoms. The molecular formula is C25H33FN4O4. The second-order valence-electron chi connectivity index (χ2n) is 8.28. The fourth-order valence-corrected chi connectivity index (χ4v) is 4.40. The summed E-state index contributed by atoms with van der Waals surface area (Å²) in [7, 11) is 0. The normalized spacial score (nSPS) is 19.5. The second kappa shape index (κ2) is 11.8. The molecule has 2 heterocycles. The molecule has 34 heavy (non-hydrogen) atoms. The number of hydrogen-bond donors (Lipinski definition) is 1. The topological polar surface area (TPSA) is 82.2 Å². The summed E-state index contributed by atoms with van der Waals surface area (Å²) < 4.78 is 19.4. The number of halogens is 1. The minimum absolute atomic E-state index is 0.116. The van der Waals surface area contributed by atoms with E-state index in [0.717, 1.165) is 6.42 Å². The predicted octanol–water partition coefficient (Wildman–Crippen LogP) is 2.84. The van der Waals surface area contributed by atoms with Crippen LogP contribution in [0.2, 0.25) is 0 Å². The number of amides is 3. The molecule has 0 radical (unpaired) electrons. The fourth-order valence-electron chi connectivity index (χ4n) is 4.40. The molecule has 0 saturated carbocycles. The maximum atomic E-state index is 14.0. The van der Waals surface area contributed by atoms with E-state index in [0.29, 0.717) is 50.4 Å². The van der Waals surface area contributed by atoms with E-state index < -0.39 is 23.9 Å². The van der Waals surface area contributed by atoms with Crippen LogP contribution in [0.5, 0.6) is 0 Å². The molecule has 2 aliphatic rings. The number of rotatable bonds is 8. The van der Waals surface area contributed by atoms with Crippen molar-refractivity contribution in [2.24, 2.45) is 0 Å². The van der Waals surface area contributed by atoms with Crippen LogP contribution < -0.4 is 5.32 Å². The monoisotopic (exact) mass is 472 g/mol. The first-order chi connectivity index (χ1) is 16.4. The Kier molecular flexibility index (Phi) is 8.81. The van der Waals surface area contributed by atoms with Gasteiger partial charge in [0.05, 0.1) is 18.2 Å². The zero-order chi connectivity index (χ0) is 24.7. The highest BCUT2D eigenvalue weighted by Gasteiger charge is 2.38. The molecule has 1 unspecified atom stereocenters. The highest BCUT2D eigenvalue weighted by molar-refractivity contribution is 5.95.